The lowest BCUT2D eigenvalue weighted by Crippen LogP contribution is -2.29. The number of nitrogens with zero attached hydrogens (tertiary/aromatic N) is 1. The zero-order valence-corrected chi connectivity index (χ0v) is 17.7. The predicted molar refractivity (Wildman–Crippen MR) is 118 cm³/mol. The molecule has 3 aromatic carbocycles. The van der Waals surface area contributed by atoms with Crippen LogP contribution in [0.5, 0.6) is 11.5 Å². The molecule has 6 nitrogen and oxygen atoms in total. The molecule has 1 unspecified atom stereocenters. The number of carbonyl (C=O) groups is 2. The Kier molecular flexibility index (Phi) is 4.75. The number of carbonyl (C=O) groups excluding carboxylic acids is 2. The Morgan fingerprint density at radius 2 is 1.65 bits per heavy atom. The Morgan fingerprint density at radius 1 is 0.935 bits per heavy atom. The maximum absolute atomic E-state index is 13.1. The van der Waals surface area contributed by atoms with Gasteiger partial charge in [0.05, 0.1) is 11.6 Å². The summed E-state index contributed by atoms with van der Waals surface area (Å²) in [6, 6.07) is 20.4. The van der Waals surface area contributed by atoms with E-state index in [4.69, 9.17) is 9.47 Å². The maximum atomic E-state index is 13.1. The molecule has 2 aliphatic rings. The van der Waals surface area contributed by atoms with Crippen molar-refractivity contribution in [1.82, 2.24) is 0 Å². The number of hydrogen-bond donors (Lipinski definition) is 1. The molecule has 0 saturated carbocycles. The zero-order valence-electron chi connectivity index (χ0n) is 16.1. The summed E-state index contributed by atoms with van der Waals surface area (Å²) in [5.74, 6) is -0.663. The van der Waals surface area contributed by atoms with Crippen LogP contribution in [0.3, 0.4) is 0 Å². The van der Waals surface area contributed by atoms with Crippen LogP contribution in [0.15, 0.2) is 82.8 Å². The lowest BCUT2D eigenvalue weighted by Gasteiger charge is -2.25. The highest BCUT2D eigenvalue weighted by Gasteiger charge is 2.47. The van der Waals surface area contributed by atoms with Crippen molar-refractivity contribution in [2.24, 2.45) is 0 Å². The molecule has 7 heteroatoms. The van der Waals surface area contributed by atoms with Gasteiger partial charge in [-0.15, -0.1) is 0 Å². The van der Waals surface area contributed by atoms with Gasteiger partial charge >= 0.3 is 0 Å². The van der Waals surface area contributed by atoms with Crippen LogP contribution in [0.4, 0.5) is 5.69 Å². The van der Waals surface area contributed by atoms with Crippen LogP contribution in [0.2, 0.25) is 0 Å². The van der Waals surface area contributed by atoms with E-state index in [1.165, 1.54) is 4.90 Å². The number of para-hydroxylation sites is 1. The van der Waals surface area contributed by atoms with Crippen LogP contribution in [0.1, 0.15) is 17.2 Å². The number of amides is 1. The predicted octanol–water partition coefficient (Wildman–Crippen LogP) is 4.80. The molecule has 5 rings (SSSR count). The number of Topliss-reactive ketones (excluding diaryl/α,β-unsaturated/α-hetero) is 1. The van der Waals surface area contributed by atoms with Crippen molar-refractivity contribution in [2.75, 3.05) is 11.7 Å². The highest BCUT2D eigenvalue weighted by molar-refractivity contribution is 9.10. The van der Waals surface area contributed by atoms with Gasteiger partial charge in [-0.1, -0.05) is 46.3 Å². The second kappa shape index (κ2) is 7.59. The minimum absolute atomic E-state index is 0.0232. The number of aliphatic hydroxyl groups excluding tert-OH is 1. The monoisotopic (exact) mass is 477 g/mol. The molecule has 3 aromatic rings. The number of halogens is 1. The molecular weight excluding hydrogens is 462 g/mol. The number of anilines is 1. The van der Waals surface area contributed by atoms with Crippen LogP contribution in [0, 0.1) is 0 Å². The molecule has 1 N–H and O–H groups in total. The normalized spacial score (nSPS) is 19.1. The van der Waals surface area contributed by atoms with E-state index >= 15 is 0 Å². The Morgan fingerprint density at radius 3 is 2.39 bits per heavy atom. The molecule has 0 radical (unpaired) electrons. The number of fused-ring (bicyclic) bond motifs is 1. The molecule has 154 valence electrons. The van der Waals surface area contributed by atoms with Gasteiger partial charge < -0.3 is 14.6 Å². The van der Waals surface area contributed by atoms with Crippen LogP contribution in [-0.4, -0.2) is 23.6 Å². The molecule has 1 atom stereocenters. The first-order chi connectivity index (χ1) is 15.0. The molecule has 0 spiro atoms. The van der Waals surface area contributed by atoms with Crippen molar-refractivity contribution in [3.8, 4) is 11.5 Å². The van der Waals surface area contributed by atoms with E-state index in [0.29, 0.717) is 28.3 Å². The number of ether oxygens (including phenoxy) is 2. The van der Waals surface area contributed by atoms with Gasteiger partial charge in [0.2, 0.25) is 6.79 Å². The number of rotatable bonds is 3. The fourth-order valence-corrected chi connectivity index (χ4v) is 4.11. The second-order valence-corrected chi connectivity index (χ2v) is 8.04. The van der Waals surface area contributed by atoms with Gasteiger partial charge in [-0.3, -0.25) is 14.5 Å². The Bertz CT molecular complexity index is 1220. The van der Waals surface area contributed by atoms with E-state index in [0.717, 1.165) is 4.47 Å². The molecule has 1 saturated heterocycles. The third-order valence-electron chi connectivity index (χ3n) is 5.31. The molecule has 0 aliphatic carbocycles. The Hall–Kier alpha value is -3.58. The number of ketones is 1. The lowest BCUT2D eigenvalue weighted by atomic mass is 9.95. The fraction of sp³-hybridized carbons (Fsp3) is 0.0833. The van der Waals surface area contributed by atoms with Crippen LogP contribution in [0.25, 0.3) is 5.76 Å². The highest BCUT2D eigenvalue weighted by atomic mass is 79.9. The topological polar surface area (TPSA) is 76.1 Å². The van der Waals surface area contributed by atoms with E-state index in [1.807, 2.05) is 30.3 Å². The highest BCUT2D eigenvalue weighted by Crippen LogP contribution is 2.43. The summed E-state index contributed by atoms with van der Waals surface area (Å²) < 4.78 is 11.6. The molecule has 0 aromatic heterocycles. The average molecular weight is 478 g/mol. The SMILES string of the molecule is O=C1C(=O)N(c2ccccc2)C(c2ccc(Br)cc2)/C1=C(/O)c1ccc2c(c1)OCO2. The van der Waals surface area contributed by atoms with E-state index in [2.05, 4.69) is 15.9 Å². The van der Waals surface area contributed by atoms with Crippen molar-refractivity contribution < 1.29 is 24.2 Å². The van der Waals surface area contributed by atoms with Gasteiger partial charge in [0.25, 0.3) is 11.7 Å². The number of benzene rings is 3. The third-order valence-corrected chi connectivity index (χ3v) is 5.84. The van der Waals surface area contributed by atoms with E-state index in [-0.39, 0.29) is 18.1 Å². The first kappa shape index (κ1) is 19.4. The van der Waals surface area contributed by atoms with Crippen LogP contribution < -0.4 is 14.4 Å². The van der Waals surface area contributed by atoms with Crippen LogP contribution >= 0.6 is 15.9 Å². The molecule has 1 amide bonds. The summed E-state index contributed by atoms with van der Waals surface area (Å²) in [4.78, 5) is 27.6. The quantitative estimate of drug-likeness (QED) is 0.333. The smallest absolute Gasteiger partial charge is 0.300 e. The molecule has 0 bridgehead atoms. The molecule has 2 aliphatic heterocycles. The van der Waals surface area contributed by atoms with E-state index in [9.17, 15) is 14.7 Å². The van der Waals surface area contributed by atoms with Gasteiger partial charge in [0, 0.05) is 15.7 Å². The summed E-state index contributed by atoms with van der Waals surface area (Å²) in [7, 11) is 0. The van der Waals surface area contributed by atoms with Gasteiger partial charge in [0.15, 0.2) is 11.5 Å². The van der Waals surface area contributed by atoms with Crippen molar-refractivity contribution in [3.05, 3.63) is 94.0 Å². The molecule has 1 fully saturated rings. The average Bonchev–Trinajstić information content (AvgIpc) is 3.36. The van der Waals surface area contributed by atoms with Gasteiger partial charge in [-0.25, -0.2) is 0 Å². The standard InChI is InChI=1S/C24H16BrNO5/c25-16-9-6-14(7-10-16)21-20(22(27)15-8-11-18-19(12-15)31-13-30-18)23(28)24(29)26(21)17-4-2-1-3-5-17/h1-12,21,27H,13H2/b22-20-. The van der Waals surface area contributed by atoms with E-state index < -0.39 is 17.7 Å². The fourth-order valence-electron chi connectivity index (χ4n) is 3.85. The van der Waals surface area contributed by atoms with Crippen molar-refractivity contribution in [2.45, 2.75) is 6.04 Å². The van der Waals surface area contributed by atoms with Gasteiger partial charge in [-0.05, 0) is 48.0 Å². The van der Waals surface area contributed by atoms with Crippen LogP contribution in [-0.2, 0) is 9.59 Å². The van der Waals surface area contributed by atoms with Gasteiger partial charge in [0.1, 0.15) is 5.76 Å². The number of hydrogen-bond acceptors (Lipinski definition) is 5. The Balaban J connectivity index is 1.70. The van der Waals surface area contributed by atoms with Crippen molar-refractivity contribution in [1.29, 1.82) is 0 Å². The first-order valence-corrected chi connectivity index (χ1v) is 10.4. The third kappa shape index (κ3) is 3.27. The first-order valence-electron chi connectivity index (χ1n) is 9.56. The summed E-state index contributed by atoms with van der Waals surface area (Å²) in [5, 5.41) is 11.2. The molecule has 31 heavy (non-hydrogen) atoms. The maximum Gasteiger partial charge on any atom is 0.300 e. The summed E-state index contributed by atoms with van der Waals surface area (Å²) in [6.45, 7) is 0.0941. The molecular formula is C24H16BrNO5. The zero-order chi connectivity index (χ0) is 21.5. The minimum Gasteiger partial charge on any atom is -0.507 e. The summed E-state index contributed by atoms with van der Waals surface area (Å²) >= 11 is 3.41. The van der Waals surface area contributed by atoms with Crippen molar-refractivity contribution in [3.63, 3.8) is 0 Å². The van der Waals surface area contributed by atoms with Gasteiger partial charge in [-0.2, -0.15) is 0 Å². The van der Waals surface area contributed by atoms with Crippen molar-refractivity contribution >= 4 is 39.1 Å². The second-order valence-electron chi connectivity index (χ2n) is 7.12. The minimum atomic E-state index is -0.777. The lowest BCUT2D eigenvalue weighted by molar-refractivity contribution is -0.132. The largest absolute Gasteiger partial charge is 0.507 e. The molecule has 2 heterocycles. The number of aliphatic hydroxyl groups is 1. The summed E-state index contributed by atoms with van der Waals surface area (Å²) in [5.41, 5.74) is 1.67. The summed E-state index contributed by atoms with van der Waals surface area (Å²) in [6.07, 6.45) is 0. The Labute approximate surface area is 186 Å². The van der Waals surface area contributed by atoms with E-state index in [1.54, 1.807) is 42.5 Å².